The van der Waals surface area contributed by atoms with E-state index < -0.39 is 0 Å². The summed E-state index contributed by atoms with van der Waals surface area (Å²) >= 11 is 0. The highest BCUT2D eigenvalue weighted by molar-refractivity contribution is 6.02. The molecule has 3 rings (SSSR count). The van der Waals surface area contributed by atoms with Crippen molar-refractivity contribution < 1.29 is 9.59 Å². The molecule has 0 saturated heterocycles. The predicted molar refractivity (Wildman–Crippen MR) is 64.5 cm³/mol. The Balaban J connectivity index is 1.61. The van der Waals surface area contributed by atoms with Gasteiger partial charge in [-0.3, -0.25) is 14.5 Å². The van der Waals surface area contributed by atoms with Gasteiger partial charge in [0.15, 0.2) is 11.6 Å². The first kappa shape index (κ1) is 11.1. The monoisotopic (exact) mass is 233 g/mol. The summed E-state index contributed by atoms with van der Waals surface area (Å²) in [6, 6.07) is 0. The number of nitrogens with zero attached hydrogens (tertiary/aromatic N) is 1. The van der Waals surface area contributed by atoms with Gasteiger partial charge < -0.3 is 0 Å². The van der Waals surface area contributed by atoms with Crippen LogP contribution in [0.25, 0.3) is 0 Å². The fourth-order valence-corrected chi connectivity index (χ4v) is 3.85. The zero-order chi connectivity index (χ0) is 11.8. The second-order valence-electron chi connectivity index (χ2n) is 5.87. The average Bonchev–Trinajstić information content (AvgIpc) is 2.84. The van der Waals surface area contributed by atoms with Gasteiger partial charge in [0.2, 0.25) is 0 Å². The molecule has 17 heavy (non-hydrogen) atoms. The van der Waals surface area contributed by atoms with Crippen LogP contribution in [0.4, 0.5) is 0 Å². The molecule has 0 radical (unpaired) electrons. The third kappa shape index (κ3) is 2.34. The van der Waals surface area contributed by atoms with E-state index >= 15 is 0 Å². The van der Waals surface area contributed by atoms with Gasteiger partial charge in [-0.1, -0.05) is 6.42 Å². The van der Waals surface area contributed by atoms with Crippen LogP contribution in [0.15, 0.2) is 12.2 Å². The normalized spacial score (nSPS) is 37.8. The highest BCUT2D eigenvalue weighted by Crippen LogP contribution is 2.48. The smallest absolute Gasteiger partial charge is 0.169 e. The molecular weight excluding hydrogens is 214 g/mol. The fraction of sp³-hybridized carbons (Fsp3) is 0.714. The summed E-state index contributed by atoms with van der Waals surface area (Å²) < 4.78 is 0. The van der Waals surface area contributed by atoms with E-state index in [2.05, 4.69) is 4.90 Å². The summed E-state index contributed by atoms with van der Waals surface area (Å²) in [5, 5.41) is 0. The van der Waals surface area contributed by atoms with Crippen molar-refractivity contribution in [2.24, 2.45) is 17.8 Å². The van der Waals surface area contributed by atoms with Crippen LogP contribution >= 0.6 is 0 Å². The largest absolute Gasteiger partial charge is 0.293 e. The van der Waals surface area contributed by atoms with Crippen LogP contribution in [0.3, 0.4) is 0 Å². The Morgan fingerprint density at radius 3 is 2.29 bits per heavy atom. The van der Waals surface area contributed by atoms with Crippen molar-refractivity contribution in [1.29, 1.82) is 0 Å². The molecule has 0 amide bonds. The van der Waals surface area contributed by atoms with E-state index in [1.165, 1.54) is 37.8 Å². The lowest BCUT2D eigenvalue weighted by molar-refractivity contribution is -0.117. The predicted octanol–water partition coefficient (Wildman–Crippen LogP) is 1.43. The topological polar surface area (TPSA) is 37.4 Å². The third-order valence-electron chi connectivity index (χ3n) is 4.59. The first-order valence-corrected chi connectivity index (χ1v) is 6.67. The highest BCUT2D eigenvalue weighted by Gasteiger charge is 2.40. The van der Waals surface area contributed by atoms with Crippen LogP contribution < -0.4 is 0 Å². The molecule has 3 heteroatoms. The average molecular weight is 233 g/mol. The molecule has 0 aromatic rings. The van der Waals surface area contributed by atoms with E-state index in [4.69, 9.17) is 0 Å². The summed E-state index contributed by atoms with van der Waals surface area (Å²) in [5.41, 5.74) is 0. The van der Waals surface area contributed by atoms with Gasteiger partial charge in [0.25, 0.3) is 0 Å². The van der Waals surface area contributed by atoms with Crippen LogP contribution in [0.1, 0.15) is 25.7 Å². The quantitative estimate of drug-likeness (QED) is 0.724. The molecule has 2 fully saturated rings. The van der Waals surface area contributed by atoms with Crippen LogP contribution in [-0.4, -0.2) is 36.1 Å². The molecular formula is C14H19NO2. The Hall–Kier alpha value is -0.960. The van der Waals surface area contributed by atoms with Crippen molar-refractivity contribution in [1.82, 2.24) is 4.90 Å². The van der Waals surface area contributed by atoms with Crippen LogP contribution in [0.5, 0.6) is 0 Å². The lowest BCUT2D eigenvalue weighted by Crippen LogP contribution is -2.37. The number of hydrogen-bond acceptors (Lipinski definition) is 3. The lowest BCUT2D eigenvalue weighted by atomic mass is 9.88. The molecule has 0 aromatic carbocycles. The van der Waals surface area contributed by atoms with Crippen LogP contribution in [0.2, 0.25) is 0 Å². The zero-order valence-corrected chi connectivity index (χ0v) is 10.1. The van der Waals surface area contributed by atoms with Crippen molar-refractivity contribution in [2.45, 2.75) is 25.7 Å². The summed E-state index contributed by atoms with van der Waals surface area (Å²) in [5.74, 6) is 2.66. The molecule has 3 nitrogen and oxygen atoms in total. The lowest BCUT2D eigenvalue weighted by Gasteiger charge is -2.28. The van der Waals surface area contributed by atoms with E-state index in [0.29, 0.717) is 13.1 Å². The molecule has 2 saturated carbocycles. The maximum atomic E-state index is 11.5. The second kappa shape index (κ2) is 4.37. The Kier molecular flexibility index (Phi) is 2.87. The maximum Gasteiger partial charge on any atom is 0.169 e. The van der Waals surface area contributed by atoms with Gasteiger partial charge in [-0.05, 0) is 49.2 Å². The number of fused-ring (bicyclic) bond motifs is 2. The first-order chi connectivity index (χ1) is 8.20. The molecule has 3 aliphatic rings. The van der Waals surface area contributed by atoms with Gasteiger partial charge >= 0.3 is 0 Å². The second-order valence-corrected chi connectivity index (χ2v) is 5.87. The third-order valence-corrected chi connectivity index (χ3v) is 4.59. The minimum Gasteiger partial charge on any atom is -0.293 e. The molecule has 0 spiro atoms. The Morgan fingerprint density at radius 1 is 1.06 bits per heavy atom. The molecule has 1 aliphatic heterocycles. The maximum absolute atomic E-state index is 11.5. The van der Waals surface area contributed by atoms with Gasteiger partial charge in [-0.25, -0.2) is 0 Å². The Morgan fingerprint density at radius 2 is 1.76 bits per heavy atom. The van der Waals surface area contributed by atoms with Gasteiger partial charge in [0, 0.05) is 6.54 Å². The van der Waals surface area contributed by atoms with E-state index in [1.54, 1.807) is 0 Å². The minimum absolute atomic E-state index is 0.0685. The first-order valence-electron chi connectivity index (χ1n) is 6.67. The Bertz CT molecular complexity index is 354. The van der Waals surface area contributed by atoms with Crippen molar-refractivity contribution in [3.8, 4) is 0 Å². The van der Waals surface area contributed by atoms with Crippen molar-refractivity contribution in [3.63, 3.8) is 0 Å². The van der Waals surface area contributed by atoms with E-state index in [1.807, 2.05) is 0 Å². The molecule has 3 unspecified atom stereocenters. The SMILES string of the molecule is O=C1C=CC(=O)CN(CC2CC3CCC2C3)C1. The molecule has 92 valence electrons. The summed E-state index contributed by atoms with van der Waals surface area (Å²) in [4.78, 5) is 25.0. The standard InChI is InChI=1S/C14H19NO2/c16-13-3-4-14(17)9-15(8-13)7-12-6-10-1-2-11(12)5-10/h3-4,10-12H,1-2,5-9H2. The molecule has 2 aliphatic carbocycles. The number of ketones is 2. The highest BCUT2D eigenvalue weighted by atomic mass is 16.1. The summed E-state index contributed by atoms with van der Waals surface area (Å²) in [7, 11) is 0. The van der Waals surface area contributed by atoms with Crippen molar-refractivity contribution in [3.05, 3.63) is 12.2 Å². The van der Waals surface area contributed by atoms with E-state index in [9.17, 15) is 9.59 Å². The van der Waals surface area contributed by atoms with E-state index in [0.717, 1.165) is 24.3 Å². The fourth-order valence-electron chi connectivity index (χ4n) is 3.85. The molecule has 0 N–H and O–H groups in total. The van der Waals surface area contributed by atoms with Gasteiger partial charge in [-0.2, -0.15) is 0 Å². The van der Waals surface area contributed by atoms with Gasteiger partial charge in [0.05, 0.1) is 13.1 Å². The zero-order valence-electron chi connectivity index (χ0n) is 10.1. The van der Waals surface area contributed by atoms with E-state index in [-0.39, 0.29) is 11.6 Å². The molecule has 2 bridgehead atoms. The number of hydrogen-bond donors (Lipinski definition) is 0. The van der Waals surface area contributed by atoms with Crippen LogP contribution in [-0.2, 0) is 9.59 Å². The number of carbonyl (C=O) groups excluding carboxylic acids is 2. The number of carbonyl (C=O) groups is 2. The summed E-state index contributed by atoms with van der Waals surface area (Å²) in [6.07, 6.45) is 8.34. The van der Waals surface area contributed by atoms with Crippen molar-refractivity contribution >= 4 is 11.6 Å². The van der Waals surface area contributed by atoms with Crippen LogP contribution in [0, 0.1) is 17.8 Å². The molecule has 3 atom stereocenters. The molecule has 0 aromatic heterocycles. The Labute approximate surface area is 102 Å². The van der Waals surface area contributed by atoms with Gasteiger partial charge in [-0.15, -0.1) is 0 Å². The van der Waals surface area contributed by atoms with Gasteiger partial charge in [0.1, 0.15) is 0 Å². The minimum atomic E-state index is 0.0685. The summed E-state index contributed by atoms with van der Waals surface area (Å²) in [6.45, 7) is 1.80. The number of rotatable bonds is 2. The van der Waals surface area contributed by atoms with Crippen molar-refractivity contribution in [2.75, 3.05) is 19.6 Å². The molecule has 1 heterocycles.